The smallest absolute Gasteiger partial charge is 0.423 e. The molecule has 0 radical (unpaired) electrons. The maximum atomic E-state index is 13.2. The van der Waals surface area contributed by atoms with Gasteiger partial charge in [-0.05, 0) is 37.2 Å². The second-order valence-corrected chi connectivity index (χ2v) is 15.1. The number of non-ortho nitro benzene ring substituents is 1. The van der Waals surface area contributed by atoms with E-state index in [-0.39, 0.29) is 28.8 Å². The maximum Gasteiger partial charge on any atom is 0.423 e. The zero-order valence-electron chi connectivity index (χ0n) is 18.7. The van der Waals surface area contributed by atoms with E-state index in [0.29, 0.717) is 0 Å². The van der Waals surface area contributed by atoms with Gasteiger partial charge in [-0.25, -0.2) is 18.6 Å². The van der Waals surface area contributed by atoms with Crippen molar-refractivity contribution in [3.05, 3.63) is 47.0 Å². The molecule has 0 aliphatic rings. The van der Waals surface area contributed by atoms with Gasteiger partial charge in [0.25, 0.3) is 15.7 Å². The number of carbonyl (C=O) groups excluding carboxylic acids is 1. The summed E-state index contributed by atoms with van der Waals surface area (Å²) in [7, 11) is -6.44. The van der Waals surface area contributed by atoms with Gasteiger partial charge in [-0.3, -0.25) is 10.1 Å². The highest BCUT2D eigenvalue weighted by molar-refractivity contribution is 7.89. The van der Waals surface area contributed by atoms with Crippen LogP contribution in [0.4, 0.5) is 10.5 Å². The first kappa shape index (κ1) is 26.8. The van der Waals surface area contributed by atoms with Gasteiger partial charge in [-0.2, -0.15) is 0 Å². The molecule has 1 rings (SSSR count). The van der Waals surface area contributed by atoms with Crippen LogP contribution < -0.4 is 5.43 Å². The van der Waals surface area contributed by atoms with Crippen molar-refractivity contribution in [1.82, 2.24) is 9.84 Å². The minimum atomic E-state index is -4.26. The van der Waals surface area contributed by atoms with Gasteiger partial charge in [0.15, 0.2) is 8.32 Å². The summed E-state index contributed by atoms with van der Waals surface area (Å²) in [6.07, 6.45) is 0.364. The Bertz CT molecular complexity index is 896. The van der Waals surface area contributed by atoms with Gasteiger partial charge in [-0.15, -0.1) is 4.41 Å². The number of hydrazine groups is 1. The Morgan fingerprint density at radius 3 is 2.32 bits per heavy atom. The summed E-state index contributed by atoms with van der Waals surface area (Å²) in [5.74, 6) is 0. The van der Waals surface area contributed by atoms with E-state index in [9.17, 15) is 23.3 Å². The Morgan fingerprint density at radius 1 is 1.32 bits per heavy atom. The van der Waals surface area contributed by atoms with Crippen LogP contribution in [0.3, 0.4) is 0 Å². The lowest BCUT2D eigenvalue weighted by atomic mass is 10.2. The molecule has 1 amide bonds. The molecule has 1 aromatic rings. The third kappa shape index (κ3) is 7.13. The van der Waals surface area contributed by atoms with E-state index in [2.05, 4.69) is 32.8 Å². The summed E-state index contributed by atoms with van der Waals surface area (Å²) < 4.78 is 38.1. The lowest BCUT2D eigenvalue weighted by molar-refractivity contribution is -0.384. The van der Waals surface area contributed by atoms with E-state index in [1.165, 1.54) is 6.08 Å². The predicted octanol–water partition coefficient (Wildman–Crippen LogP) is 3.82. The van der Waals surface area contributed by atoms with E-state index < -0.39 is 35.4 Å². The van der Waals surface area contributed by atoms with Gasteiger partial charge in [0.05, 0.1) is 22.5 Å². The van der Waals surface area contributed by atoms with Gasteiger partial charge < -0.3 is 9.16 Å². The van der Waals surface area contributed by atoms with Crippen LogP contribution in [-0.4, -0.2) is 51.4 Å². The second-order valence-electron chi connectivity index (χ2n) is 8.47. The number of carbonyl (C=O) groups is 1. The molecule has 0 heterocycles. The Morgan fingerprint density at radius 2 is 1.87 bits per heavy atom. The average molecular weight is 474 g/mol. The number of rotatable bonds is 10. The summed E-state index contributed by atoms with van der Waals surface area (Å²) >= 11 is 0. The van der Waals surface area contributed by atoms with E-state index in [4.69, 9.17) is 9.16 Å². The number of nitrogens with zero attached hydrogens (tertiary/aromatic N) is 2. The van der Waals surface area contributed by atoms with Crippen molar-refractivity contribution in [2.75, 3.05) is 13.2 Å². The third-order valence-electron chi connectivity index (χ3n) is 5.03. The van der Waals surface area contributed by atoms with Crippen LogP contribution in [-0.2, 0) is 19.2 Å². The van der Waals surface area contributed by atoms with Crippen LogP contribution in [0.15, 0.2) is 41.8 Å². The Hall–Kier alpha value is -2.28. The topological polar surface area (TPSA) is 128 Å². The number of nitrogens with one attached hydrogen (secondary N) is 1. The van der Waals surface area contributed by atoms with Crippen LogP contribution in [0.5, 0.6) is 0 Å². The minimum absolute atomic E-state index is 0.0322. The summed E-state index contributed by atoms with van der Waals surface area (Å²) in [6, 6.07) is 3.60. The number of hydrogen-bond acceptors (Lipinski definition) is 7. The average Bonchev–Trinajstić information content (AvgIpc) is 2.67. The van der Waals surface area contributed by atoms with Crippen molar-refractivity contribution in [1.29, 1.82) is 0 Å². The molecule has 0 fully saturated rings. The predicted molar refractivity (Wildman–Crippen MR) is 119 cm³/mol. The molecule has 0 aliphatic heterocycles. The second kappa shape index (κ2) is 10.4. The number of benzene rings is 1. The zero-order valence-corrected chi connectivity index (χ0v) is 20.6. The van der Waals surface area contributed by atoms with Crippen molar-refractivity contribution in [3.8, 4) is 0 Å². The number of amides is 1. The zero-order chi connectivity index (χ0) is 24.0. The Balaban J connectivity index is 3.21. The first-order valence-electron chi connectivity index (χ1n) is 9.60. The van der Waals surface area contributed by atoms with Gasteiger partial charge in [0, 0.05) is 12.1 Å². The molecular weight excluding hydrogens is 442 g/mol. The number of nitro groups is 1. The quantitative estimate of drug-likeness (QED) is 0.237. The lowest BCUT2D eigenvalue weighted by Crippen LogP contribution is -2.54. The molecule has 174 valence electrons. The molecule has 12 heteroatoms. The highest BCUT2D eigenvalue weighted by atomic mass is 32.2. The third-order valence-corrected chi connectivity index (χ3v) is 11.4. The molecule has 10 nitrogen and oxygen atoms in total. The lowest BCUT2D eigenvalue weighted by Gasteiger charge is -2.38. The number of nitro benzene ring substituents is 1. The standard InChI is InChI=1S/C19H31N3O7SSi/c1-8-13-28-18(23)20-21(15(2)14-29-31(6,7)19(3,4)5)30(26,27)17-11-9-16(10-12-17)22(24)25/h8-12,15H,1,13-14H2,2-7H3,(H,20,23)/t15-/m0/s1. The first-order chi connectivity index (χ1) is 14.1. The van der Waals surface area contributed by atoms with Crippen molar-refractivity contribution in [2.45, 2.75) is 56.8 Å². The number of hydrogen-bond donors (Lipinski definition) is 1. The van der Waals surface area contributed by atoms with Gasteiger partial charge >= 0.3 is 6.09 Å². The molecule has 0 aliphatic carbocycles. The Labute approximate surface area is 184 Å². The summed E-state index contributed by atoms with van der Waals surface area (Å²) in [4.78, 5) is 22.1. The van der Waals surface area contributed by atoms with E-state index >= 15 is 0 Å². The molecule has 1 N–H and O–H groups in total. The van der Waals surface area contributed by atoms with Crippen molar-refractivity contribution < 1.29 is 27.3 Å². The fourth-order valence-corrected chi connectivity index (χ4v) is 4.66. The SMILES string of the molecule is C=CCOC(=O)NN([C@@H](C)CO[Si](C)(C)C(C)(C)C)S(=O)(=O)c1ccc([N+](=O)[O-])cc1. The molecule has 0 bridgehead atoms. The van der Waals surface area contributed by atoms with E-state index in [1.54, 1.807) is 6.92 Å². The van der Waals surface area contributed by atoms with Crippen LogP contribution in [0.1, 0.15) is 27.7 Å². The number of sulfonamides is 1. The number of ether oxygens (including phenoxy) is 1. The van der Waals surface area contributed by atoms with Crippen LogP contribution in [0.25, 0.3) is 0 Å². The van der Waals surface area contributed by atoms with E-state index in [0.717, 1.165) is 28.7 Å². The van der Waals surface area contributed by atoms with Crippen molar-refractivity contribution >= 4 is 30.1 Å². The molecule has 1 aromatic carbocycles. The molecule has 0 spiro atoms. The fraction of sp³-hybridized carbons (Fsp3) is 0.526. The van der Waals surface area contributed by atoms with Crippen LogP contribution in [0, 0.1) is 10.1 Å². The van der Waals surface area contributed by atoms with Crippen LogP contribution >= 0.6 is 0 Å². The molecular formula is C19H31N3O7SSi. The molecule has 0 aromatic heterocycles. The van der Waals surface area contributed by atoms with Crippen molar-refractivity contribution in [2.24, 2.45) is 0 Å². The maximum absolute atomic E-state index is 13.2. The molecule has 0 saturated heterocycles. The van der Waals surface area contributed by atoms with E-state index in [1.807, 2.05) is 13.1 Å². The summed E-state index contributed by atoms with van der Waals surface area (Å²) in [5, 5.41) is 10.8. The normalized spacial score (nSPS) is 13.5. The molecule has 1 atom stereocenters. The summed E-state index contributed by atoms with van der Waals surface area (Å²) in [5.41, 5.74) is 1.99. The van der Waals surface area contributed by atoms with Gasteiger partial charge in [-0.1, -0.05) is 33.4 Å². The first-order valence-corrected chi connectivity index (χ1v) is 14.0. The monoisotopic (exact) mass is 473 g/mol. The van der Waals surface area contributed by atoms with Crippen LogP contribution in [0.2, 0.25) is 18.1 Å². The molecule has 0 unspecified atom stereocenters. The van der Waals surface area contributed by atoms with Gasteiger partial charge in [0.2, 0.25) is 0 Å². The highest BCUT2D eigenvalue weighted by Gasteiger charge is 2.39. The molecule has 31 heavy (non-hydrogen) atoms. The largest absolute Gasteiger partial charge is 0.444 e. The molecule has 0 saturated carbocycles. The Kier molecular flexibility index (Phi) is 8.93. The highest BCUT2D eigenvalue weighted by Crippen LogP contribution is 2.36. The summed E-state index contributed by atoms with van der Waals surface area (Å²) in [6.45, 7) is 15.2. The van der Waals surface area contributed by atoms with Gasteiger partial charge in [0.1, 0.15) is 6.61 Å². The minimum Gasteiger partial charge on any atom is -0.444 e. The fourth-order valence-electron chi connectivity index (χ4n) is 2.13. The van der Waals surface area contributed by atoms with Crippen molar-refractivity contribution in [3.63, 3.8) is 0 Å².